The molecule has 0 unspecified atom stereocenters. The van der Waals surface area contributed by atoms with Crippen LogP contribution in [0.15, 0.2) is 67.1 Å². The zero-order valence-electron chi connectivity index (χ0n) is 13.5. The van der Waals surface area contributed by atoms with Crippen molar-refractivity contribution in [1.29, 1.82) is 0 Å². The Morgan fingerprint density at radius 3 is 2.54 bits per heavy atom. The van der Waals surface area contributed by atoms with Gasteiger partial charge in [-0.15, -0.1) is 0 Å². The zero-order chi connectivity index (χ0) is 16.4. The van der Waals surface area contributed by atoms with Gasteiger partial charge in [-0.05, 0) is 52.1 Å². The second-order valence-corrected chi connectivity index (χ2v) is 6.94. The summed E-state index contributed by atoms with van der Waals surface area (Å²) in [6, 6.07) is 19.7. The van der Waals surface area contributed by atoms with Crippen LogP contribution in [0.1, 0.15) is 17.7 Å². The number of halogens is 1. The van der Waals surface area contributed by atoms with Gasteiger partial charge in [0, 0.05) is 23.8 Å². The van der Waals surface area contributed by atoms with Gasteiger partial charge in [0.15, 0.2) is 0 Å². The molecular weight excluding hydrogens is 360 g/mol. The van der Waals surface area contributed by atoms with Gasteiger partial charge in [0.25, 0.3) is 0 Å². The number of imidazole rings is 1. The molecule has 0 saturated carbocycles. The van der Waals surface area contributed by atoms with E-state index in [1.165, 1.54) is 32.8 Å². The molecule has 0 N–H and O–H groups in total. The van der Waals surface area contributed by atoms with Crippen LogP contribution in [-0.2, 0) is 13.0 Å². The molecule has 1 heterocycles. The summed E-state index contributed by atoms with van der Waals surface area (Å²) in [6.45, 7) is 0.868. The molecule has 0 saturated heterocycles. The van der Waals surface area contributed by atoms with Crippen LogP contribution in [-0.4, -0.2) is 14.9 Å². The third-order valence-electron chi connectivity index (χ3n) is 4.54. The van der Waals surface area contributed by atoms with Crippen molar-refractivity contribution in [2.45, 2.75) is 19.4 Å². The standard InChI is InChI=1S/C21H19BrN2/c22-10-4-9-20-13-23-15-24(20)14-19-8-3-7-18-11-16-5-1-2-6-17(16)12-21(18)19/h1-3,5-8,11-13,15H,4,9-10,14H2. The van der Waals surface area contributed by atoms with Crippen LogP contribution in [0.25, 0.3) is 21.5 Å². The highest BCUT2D eigenvalue weighted by molar-refractivity contribution is 9.09. The first-order valence-electron chi connectivity index (χ1n) is 8.30. The second-order valence-electron chi connectivity index (χ2n) is 6.14. The molecule has 0 radical (unpaired) electrons. The third kappa shape index (κ3) is 2.96. The second kappa shape index (κ2) is 6.78. The van der Waals surface area contributed by atoms with Crippen LogP contribution in [0.2, 0.25) is 0 Å². The predicted molar refractivity (Wildman–Crippen MR) is 105 cm³/mol. The minimum Gasteiger partial charge on any atom is -0.330 e. The van der Waals surface area contributed by atoms with Gasteiger partial charge in [-0.3, -0.25) is 0 Å². The summed E-state index contributed by atoms with van der Waals surface area (Å²) in [5.41, 5.74) is 2.64. The Kier molecular flexibility index (Phi) is 4.35. The molecule has 3 aromatic carbocycles. The topological polar surface area (TPSA) is 17.8 Å². The Bertz CT molecular complexity index is 987. The van der Waals surface area contributed by atoms with E-state index in [1.807, 2.05) is 12.5 Å². The smallest absolute Gasteiger partial charge is 0.0951 e. The van der Waals surface area contributed by atoms with E-state index >= 15 is 0 Å². The van der Waals surface area contributed by atoms with Crippen LogP contribution in [0, 0.1) is 0 Å². The maximum Gasteiger partial charge on any atom is 0.0951 e. The molecule has 0 aliphatic heterocycles. The van der Waals surface area contributed by atoms with Crippen LogP contribution < -0.4 is 0 Å². The highest BCUT2D eigenvalue weighted by atomic mass is 79.9. The zero-order valence-corrected chi connectivity index (χ0v) is 15.0. The predicted octanol–water partition coefficient (Wildman–Crippen LogP) is 5.57. The first-order chi connectivity index (χ1) is 11.8. The highest BCUT2D eigenvalue weighted by Crippen LogP contribution is 2.26. The fraction of sp³-hybridized carbons (Fsp3) is 0.190. The van der Waals surface area contributed by atoms with Gasteiger partial charge in [-0.1, -0.05) is 58.4 Å². The van der Waals surface area contributed by atoms with Crippen molar-refractivity contribution in [2.24, 2.45) is 0 Å². The maximum atomic E-state index is 4.35. The monoisotopic (exact) mass is 378 g/mol. The minimum absolute atomic E-state index is 0.868. The molecule has 0 aliphatic carbocycles. The van der Waals surface area contributed by atoms with Crippen molar-refractivity contribution >= 4 is 37.5 Å². The lowest BCUT2D eigenvalue weighted by Crippen LogP contribution is -2.04. The van der Waals surface area contributed by atoms with E-state index in [0.29, 0.717) is 0 Å². The number of benzene rings is 3. The maximum absolute atomic E-state index is 4.35. The SMILES string of the molecule is BrCCCc1cncn1Cc1cccc2cc3ccccc3cc12. The van der Waals surface area contributed by atoms with E-state index in [9.17, 15) is 0 Å². The molecule has 4 aromatic rings. The lowest BCUT2D eigenvalue weighted by Gasteiger charge is -2.11. The van der Waals surface area contributed by atoms with Crippen molar-refractivity contribution in [3.05, 3.63) is 78.4 Å². The summed E-state index contributed by atoms with van der Waals surface area (Å²) < 4.78 is 2.27. The van der Waals surface area contributed by atoms with Crippen molar-refractivity contribution in [2.75, 3.05) is 5.33 Å². The lowest BCUT2D eigenvalue weighted by atomic mass is 9.99. The van der Waals surface area contributed by atoms with E-state index in [4.69, 9.17) is 0 Å². The average Bonchev–Trinajstić information content (AvgIpc) is 3.05. The number of hydrogen-bond donors (Lipinski definition) is 0. The number of nitrogens with zero attached hydrogens (tertiary/aromatic N) is 2. The normalized spacial score (nSPS) is 11.4. The average molecular weight is 379 g/mol. The Morgan fingerprint density at radius 2 is 1.71 bits per heavy atom. The number of hydrogen-bond acceptors (Lipinski definition) is 1. The van der Waals surface area contributed by atoms with E-state index in [1.54, 1.807) is 0 Å². The van der Waals surface area contributed by atoms with Gasteiger partial charge in [0.1, 0.15) is 0 Å². The molecule has 4 rings (SSSR count). The van der Waals surface area contributed by atoms with Gasteiger partial charge in [-0.2, -0.15) is 0 Å². The lowest BCUT2D eigenvalue weighted by molar-refractivity contribution is 0.729. The molecule has 2 nitrogen and oxygen atoms in total. The molecule has 0 atom stereocenters. The van der Waals surface area contributed by atoms with Crippen molar-refractivity contribution in [3.8, 4) is 0 Å². The van der Waals surface area contributed by atoms with Gasteiger partial charge in [0.2, 0.25) is 0 Å². The summed E-state index contributed by atoms with van der Waals surface area (Å²) in [6.07, 6.45) is 6.12. The summed E-state index contributed by atoms with van der Waals surface area (Å²) in [5.74, 6) is 0. The number of rotatable bonds is 5. The third-order valence-corrected chi connectivity index (χ3v) is 5.10. The van der Waals surface area contributed by atoms with E-state index in [0.717, 1.165) is 24.7 Å². The molecule has 0 amide bonds. The van der Waals surface area contributed by atoms with Gasteiger partial charge in [0.05, 0.1) is 6.33 Å². The fourth-order valence-electron chi connectivity index (χ4n) is 3.30. The van der Waals surface area contributed by atoms with Gasteiger partial charge in [-0.25, -0.2) is 4.98 Å². The molecule has 120 valence electrons. The highest BCUT2D eigenvalue weighted by Gasteiger charge is 2.07. The Labute approximate surface area is 150 Å². The molecule has 0 bridgehead atoms. The van der Waals surface area contributed by atoms with Gasteiger partial charge < -0.3 is 4.57 Å². The largest absolute Gasteiger partial charge is 0.330 e. The van der Waals surface area contributed by atoms with Crippen molar-refractivity contribution < 1.29 is 0 Å². The quantitative estimate of drug-likeness (QED) is 0.328. The Balaban J connectivity index is 1.76. The molecular formula is C21H19BrN2. The summed E-state index contributed by atoms with van der Waals surface area (Å²) in [5, 5.41) is 6.24. The van der Waals surface area contributed by atoms with Crippen molar-refractivity contribution in [1.82, 2.24) is 9.55 Å². The van der Waals surface area contributed by atoms with Crippen LogP contribution in [0.3, 0.4) is 0 Å². The van der Waals surface area contributed by atoms with Gasteiger partial charge >= 0.3 is 0 Å². The van der Waals surface area contributed by atoms with Crippen LogP contribution in [0.5, 0.6) is 0 Å². The summed E-state index contributed by atoms with van der Waals surface area (Å²) >= 11 is 3.51. The van der Waals surface area contributed by atoms with E-state index in [2.05, 4.69) is 80.1 Å². The van der Waals surface area contributed by atoms with Crippen LogP contribution >= 0.6 is 15.9 Å². The number of aromatic nitrogens is 2. The minimum atomic E-state index is 0.868. The Hall–Kier alpha value is -2.13. The molecule has 0 spiro atoms. The molecule has 3 heteroatoms. The fourth-order valence-corrected chi connectivity index (χ4v) is 3.58. The Morgan fingerprint density at radius 1 is 0.917 bits per heavy atom. The van der Waals surface area contributed by atoms with Crippen LogP contribution in [0.4, 0.5) is 0 Å². The van der Waals surface area contributed by atoms with E-state index in [-0.39, 0.29) is 0 Å². The number of alkyl halides is 1. The summed E-state index contributed by atoms with van der Waals surface area (Å²) in [7, 11) is 0. The molecule has 24 heavy (non-hydrogen) atoms. The number of fused-ring (bicyclic) bond motifs is 2. The molecule has 0 fully saturated rings. The molecule has 1 aromatic heterocycles. The molecule has 0 aliphatic rings. The van der Waals surface area contributed by atoms with E-state index < -0.39 is 0 Å². The summed E-state index contributed by atoms with van der Waals surface area (Å²) in [4.78, 5) is 4.35. The van der Waals surface area contributed by atoms with Crippen molar-refractivity contribution in [3.63, 3.8) is 0 Å². The first-order valence-corrected chi connectivity index (χ1v) is 9.43. The number of aryl methyl sites for hydroxylation is 1. The first kappa shape index (κ1) is 15.4.